The molecule has 1 heterocycles. The van der Waals surface area contributed by atoms with Crippen molar-refractivity contribution in [3.05, 3.63) is 23.8 Å². The third-order valence-electron chi connectivity index (χ3n) is 4.16. The van der Waals surface area contributed by atoms with Crippen molar-refractivity contribution in [1.29, 1.82) is 0 Å². The molecule has 5 nitrogen and oxygen atoms in total. The number of hydrogen-bond acceptors (Lipinski definition) is 5. The zero-order valence-electron chi connectivity index (χ0n) is 12.2. The van der Waals surface area contributed by atoms with Gasteiger partial charge in [0.05, 0.1) is 17.0 Å². The van der Waals surface area contributed by atoms with Crippen molar-refractivity contribution < 1.29 is 18.0 Å². The second kappa shape index (κ2) is 5.70. The molecular weight excluding hydrogens is 322 g/mol. The Kier molecular flexibility index (Phi) is 4.03. The number of amides is 1. The molecule has 3 rings (SSSR count). The molecule has 1 aliphatic carbocycles. The van der Waals surface area contributed by atoms with E-state index in [1.165, 1.54) is 18.2 Å². The molecule has 1 saturated carbocycles. The number of hydrogen-bond donors (Lipinski definition) is 0. The van der Waals surface area contributed by atoms with E-state index in [0.717, 1.165) is 43.7 Å². The Balaban J connectivity index is 2.03. The van der Waals surface area contributed by atoms with Crippen LogP contribution in [0.2, 0.25) is 0 Å². The summed E-state index contributed by atoms with van der Waals surface area (Å²) >= 11 is 0.963. The van der Waals surface area contributed by atoms with Gasteiger partial charge in [-0.3, -0.25) is 9.59 Å². The van der Waals surface area contributed by atoms with Crippen molar-refractivity contribution >= 4 is 32.6 Å². The maximum Gasteiger partial charge on any atom is 0.255 e. The van der Waals surface area contributed by atoms with Gasteiger partial charge in [0.15, 0.2) is 9.84 Å². The number of nitrogens with zero attached hydrogens (tertiary/aromatic N) is 1. The van der Waals surface area contributed by atoms with E-state index in [-0.39, 0.29) is 28.5 Å². The summed E-state index contributed by atoms with van der Waals surface area (Å²) in [4.78, 5) is 27.1. The summed E-state index contributed by atoms with van der Waals surface area (Å²) in [7, 11) is -3.36. The molecule has 1 amide bonds. The third kappa shape index (κ3) is 2.92. The molecule has 1 aromatic carbocycles. The first-order valence-corrected chi connectivity index (χ1v) is 9.93. The second-order valence-electron chi connectivity index (χ2n) is 5.78. The van der Waals surface area contributed by atoms with Crippen molar-refractivity contribution in [2.45, 2.75) is 41.5 Å². The summed E-state index contributed by atoms with van der Waals surface area (Å²) in [6.45, 7) is 0.0943. The number of thioether (sulfide) groups is 1. The van der Waals surface area contributed by atoms with Gasteiger partial charge in [0.2, 0.25) is 5.12 Å². The van der Waals surface area contributed by atoms with Gasteiger partial charge >= 0.3 is 0 Å². The van der Waals surface area contributed by atoms with Crippen molar-refractivity contribution in [1.82, 2.24) is 4.90 Å². The first-order chi connectivity index (χ1) is 10.4. The quantitative estimate of drug-likeness (QED) is 0.825. The summed E-state index contributed by atoms with van der Waals surface area (Å²) in [5.41, 5.74) is 0.426. The minimum atomic E-state index is -3.36. The highest BCUT2D eigenvalue weighted by atomic mass is 32.2. The molecule has 1 aromatic rings. The second-order valence-corrected chi connectivity index (χ2v) is 8.89. The first-order valence-electron chi connectivity index (χ1n) is 7.22. The highest BCUT2D eigenvalue weighted by molar-refractivity contribution is 8.13. The van der Waals surface area contributed by atoms with Gasteiger partial charge in [-0.05, 0) is 42.8 Å². The van der Waals surface area contributed by atoms with Crippen molar-refractivity contribution in [2.75, 3.05) is 12.8 Å². The van der Waals surface area contributed by atoms with Gasteiger partial charge in [0.1, 0.15) is 0 Å². The molecule has 2 aliphatic rings. The fraction of sp³-hybridized carbons (Fsp3) is 0.467. The van der Waals surface area contributed by atoms with Gasteiger partial charge in [-0.15, -0.1) is 0 Å². The molecule has 0 unspecified atom stereocenters. The lowest BCUT2D eigenvalue weighted by atomic mass is 10.1. The molecule has 0 aromatic heterocycles. The SMILES string of the molecule is CS(=O)(=O)c1ccc2c(c1)SC(=O)CN(C1CCCC1)C2=O. The van der Waals surface area contributed by atoms with E-state index in [9.17, 15) is 18.0 Å². The fourth-order valence-corrected chi connectivity index (χ4v) is 4.65. The lowest BCUT2D eigenvalue weighted by Crippen LogP contribution is -2.40. The predicted octanol–water partition coefficient (Wildman–Crippen LogP) is 2.11. The molecule has 0 radical (unpaired) electrons. The zero-order valence-corrected chi connectivity index (χ0v) is 13.9. The Bertz CT molecular complexity index is 736. The molecule has 0 saturated heterocycles. The summed E-state index contributed by atoms with van der Waals surface area (Å²) in [6, 6.07) is 4.53. The van der Waals surface area contributed by atoms with E-state index in [1.807, 2.05) is 0 Å². The molecule has 0 bridgehead atoms. The van der Waals surface area contributed by atoms with Crippen LogP contribution in [-0.4, -0.2) is 43.2 Å². The first kappa shape index (κ1) is 15.6. The van der Waals surface area contributed by atoms with Crippen LogP contribution in [0.1, 0.15) is 36.0 Å². The molecule has 0 N–H and O–H groups in total. The van der Waals surface area contributed by atoms with Crippen LogP contribution in [0.5, 0.6) is 0 Å². The van der Waals surface area contributed by atoms with E-state index in [1.54, 1.807) is 4.90 Å². The zero-order chi connectivity index (χ0) is 15.9. The van der Waals surface area contributed by atoms with E-state index in [4.69, 9.17) is 0 Å². The molecule has 118 valence electrons. The highest BCUT2D eigenvalue weighted by Crippen LogP contribution is 2.34. The van der Waals surface area contributed by atoms with Crippen LogP contribution < -0.4 is 0 Å². The van der Waals surface area contributed by atoms with E-state index >= 15 is 0 Å². The lowest BCUT2D eigenvalue weighted by molar-refractivity contribution is -0.111. The highest BCUT2D eigenvalue weighted by Gasteiger charge is 2.33. The topological polar surface area (TPSA) is 71.5 Å². The van der Waals surface area contributed by atoms with E-state index < -0.39 is 9.84 Å². The molecule has 22 heavy (non-hydrogen) atoms. The molecule has 0 atom stereocenters. The van der Waals surface area contributed by atoms with Gasteiger partial charge < -0.3 is 4.90 Å². The molecule has 0 spiro atoms. The van der Waals surface area contributed by atoms with Crippen molar-refractivity contribution in [2.24, 2.45) is 0 Å². The maximum atomic E-state index is 12.7. The van der Waals surface area contributed by atoms with Gasteiger partial charge in [-0.2, -0.15) is 0 Å². The number of sulfone groups is 1. The molecular formula is C15H17NO4S2. The normalized spacial score (nSPS) is 20.1. The van der Waals surface area contributed by atoms with Crippen molar-refractivity contribution in [3.8, 4) is 0 Å². The average Bonchev–Trinajstić information content (AvgIpc) is 2.93. The third-order valence-corrected chi connectivity index (χ3v) is 6.19. The van der Waals surface area contributed by atoms with Crippen LogP contribution in [0.25, 0.3) is 0 Å². The van der Waals surface area contributed by atoms with Gasteiger partial charge in [-0.25, -0.2) is 8.42 Å². The van der Waals surface area contributed by atoms with Gasteiger partial charge in [0.25, 0.3) is 5.91 Å². The Labute approximate surface area is 134 Å². The minimum Gasteiger partial charge on any atom is -0.327 e. The Hall–Kier alpha value is -1.34. The predicted molar refractivity (Wildman–Crippen MR) is 83.7 cm³/mol. The van der Waals surface area contributed by atoms with E-state index in [2.05, 4.69) is 0 Å². The van der Waals surface area contributed by atoms with Crippen molar-refractivity contribution in [3.63, 3.8) is 0 Å². The summed E-state index contributed by atoms with van der Waals surface area (Å²) in [5, 5.41) is -0.121. The van der Waals surface area contributed by atoms with E-state index in [0.29, 0.717) is 10.5 Å². The lowest BCUT2D eigenvalue weighted by Gasteiger charge is -2.26. The minimum absolute atomic E-state index is 0.0943. The summed E-state index contributed by atoms with van der Waals surface area (Å²) in [6.07, 6.45) is 5.14. The molecule has 1 fully saturated rings. The number of rotatable bonds is 2. The average molecular weight is 339 g/mol. The Morgan fingerprint density at radius 3 is 2.50 bits per heavy atom. The molecule has 7 heteroatoms. The van der Waals surface area contributed by atoms with Gasteiger partial charge in [-0.1, -0.05) is 12.8 Å². The van der Waals surface area contributed by atoms with Crippen LogP contribution in [0.3, 0.4) is 0 Å². The number of fused-ring (bicyclic) bond motifs is 1. The summed E-state index contributed by atoms with van der Waals surface area (Å²) < 4.78 is 23.3. The Morgan fingerprint density at radius 2 is 1.86 bits per heavy atom. The standard InChI is InChI=1S/C15H17NO4S2/c1-22(19,20)11-6-7-12-13(8-11)21-14(17)9-16(15(12)18)10-4-2-3-5-10/h6-8,10H,2-5,9H2,1H3. The van der Waals surface area contributed by atoms with Crippen LogP contribution in [0.15, 0.2) is 28.0 Å². The van der Waals surface area contributed by atoms with Gasteiger partial charge in [0, 0.05) is 17.2 Å². The van der Waals surface area contributed by atoms with Crippen LogP contribution >= 0.6 is 11.8 Å². The van der Waals surface area contributed by atoms with Crippen LogP contribution in [-0.2, 0) is 14.6 Å². The summed E-state index contributed by atoms with van der Waals surface area (Å²) in [5.74, 6) is -0.166. The van der Waals surface area contributed by atoms with Crippen LogP contribution in [0.4, 0.5) is 0 Å². The number of carbonyl (C=O) groups excluding carboxylic acids is 2. The largest absolute Gasteiger partial charge is 0.327 e. The maximum absolute atomic E-state index is 12.7. The number of carbonyl (C=O) groups is 2. The fourth-order valence-electron chi connectivity index (χ4n) is 3.03. The monoisotopic (exact) mass is 339 g/mol. The van der Waals surface area contributed by atoms with Crippen LogP contribution in [0, 0.1) is 0 Å². The smallest absolute Gasteiger partial charge is 0.255 e. The number of benzene rings is 1. The Morgan fingerprint density at radius 1 is 1.18 bits per heavy atom. The molecule has 1 aliphatic heterocycles.